The van der Waals surface area contributed by atoms with Crippen LogP contribution in [0.15, 0.2) is 47.0 Å². The van der Waals surface area contributed by atoms with E-state index in [-0.39, 0.29) is 25.5 Å². The fourth-order valence-corrected chi connectivity index (χ4v) is 3.24. The van der Waals surface area contributed by atoms with Crippen molar-refractivity contribution in [2.45, 2.75) is 40.0 Å². The molecule has 1 atom stereocenters. The molecule has 1 amide bonds. The number of aromatic nitrogens is 1. The molecule has 3 aromatic rings. The molecule has 172 valence electrons. The van der Waals surface area contributed by atoms with Gasteiger partial charge in [0.2, 0.25) is 6.79 Å². The van der Waals surface area contributed by atoms with Crippen LogP contribution >= 0.6 is 0 Å². The number of ether oxygens (including phenoxy) is 4. The van der Waals surface area contributed by atoms with Crippen molar-refractivity contribution >= 4 is 11.9 Å². The topological polar surface area (TPSA) is 109 Å². The first-order valence-corrected chi connectivity index (χ1v) is 10.4. The summed E-state index contributed by atoms with van der Waals surface area (Å²) in [5.74, 6) is 1.45. The summed E-state index contributed by atoms with van der Waals surface area (Å²) in [7, 11) is 0. The zero-order valence-electron chi connectivity index (χ0n) is 18.5. The van der Waals surface area contributed by atoms with Gasteiger partial charge in [-0.1, -0.05) is 17.3 Å². The van der Waals surface area contributed by atoms with Crippen LogP contribution in [0.2, 0.25) is 0 Å². The summed E-state index contributed by atoms with van der Waals surface area (Å²) in [6, 6.07) is 12.0. The lowest BCUT2D eigenvalue weighted by molar-refractivity contribution is -0.129. The third-order valence-corrected chi connectivity index (χ3v) is 5.19. The average molecular weight is 452 g/mol. The third-order valence-electron chi connectivity index (χ3n) is 5.19. The Bertz CT molecular complexity index is 1150. The van der Waals surface area contributed by atoms with Gasteiger partial charge < -0.3 is 28.8 Å². The first-order chi connectivity index (χ1) is 15.9. The molecule has 1 aliphatic rings. The van der Waals surface area contributed by atoms with E-state index in [1.807, 2.05) is 19.9 Å². The van der Waals surface area contributed by atoms with Crippen molar-refractivity contribution in [3.63, 3.8) is 0 Å². The van der Waals surface area contributed by atoms with Crippen LogP contribution < -0.4 is 19.5 Å². The summed E-state index contributed by atoms with van der Waals surface area (Å²) >= 11 is 0. The number of nitrogens with zero attached hydrogens (tertiary/aromatic N) is 1. The van der Waals surface area contributed by atoms with Crippen LogP contribution in [-0.2, 0) is 22.7 Å². The number of hydrogen-bond donors (Lipinski definition) is 1. The molecule has 1 unspecified atom stereocenters. The molecular weight excluding hydrogens is 428 g/mol. The Hall–Kier alpha value is -4.01. The molecule has 4 rings (SSSR count). The lowest BCUT2D eigenvalue weighted by Gasteiger charge is -2.14. The Morgan fingerprint density at radius 1 is 1.12 bits per heavy atom. The predicted molar refractivity (Wildman–Crippen MR) is 116 cm³/mol. The van der Waals surface area contributed by atoms with E-state index in [2.05, 4.69) is 10.5 Å². The van der Waals surface area contributed by atoms with Gasteiger partial charge in [-0.25, -0.2) is 4.79 Å². The molecule has 1 aromatic heterocycles. The molecule has 9 heteroatoms. The van der Waals surface area contributed by atoms with Crippen molar-refractivity contribution in [3.8, 4) is 17.2 Å². The zero-order chi connectivity index (χ0) is 23.4. The van der Waals surface area contributed by atoms with Gasteiger partial charge in [-0.3, -0.25) is 4.79 Å². The SMILES string of the molecule is Cc1noc(C)c1COc1cccc(C(=O)OC(C)C(=O)NCc2ccc3c(c2)OCO3)c1. The van der Waals surface area contributed by atoms with Gasteiger partial charge in [-0.15, -0.1) is 0 Å². The number of hydrogen-bond acceptors (Lipinski definition) is 8. The van der Waals surface area contributed by atoms with Crippen molar-refractivity contribution in [1.29, 1.82) is 0 Å². The molecule has 0 saturated heterocycles. The number of carbonyl (C=O) groups is 2. The summed E-state index contributed by atoms with van der Waals surface area (Å²) in [4.78, 5) is 24.9. The summed E-state index contributed by atoms with van der Waals surface area (Å²) in [5, 5.41) is 6.65. The lowest BCUT2D eigenvalue weighted by Crippen LogP contribution is -2.35. The van der Waals surface area contributed by atoms with Gasteiger partial charge in [0, 0.05) is 6.54 Å². The summed E-state index contributed by atoms with van der Waals surface area (Å²) < 4.78 is 26.8. The molecule has 0 aliphatic carbocycles. The van der Waals surface area contributed by atoms with Crippen LogP contribution in [0.25, 0.3) is 0 Å². The van der Waals surface area contributed by atoms with Gasteiger partial charge in [0.05, 0.1) is 16.8 Å². The van der Waals surface area contributed by atoms with Crippen LogP contribution in [0.5, 0.6) is 17.2 Å². The zero-order valence-corrected chi connectivity index (χ0v) is 18.5. The van der Waals surface area contributed by atoms with E-state index >= 15 is 0 Å². The van der Waals surface area contributed by atoms with Crippen molar-refractivity contribution in [2.24, 2.45) is 0 Å². The minimum atomic E-state index is -0.974. The van der Waals surface area contributed by atoms with Crippen LogP contribution in [-0.4, -0.2) is 29.9 Å². The maximum absolute atomic E-state index is 12.5. The average Bonchev–Trinajstić information content (AvgIpc) is 3.41. The molecule has 0 spiro atoms. The van der Waals surface area contributed by atoms with Crippen LogP contribution in [0, 0.1) is 13.8 Å². The second kappa shape index (κ2) is 9.64. The van der Waals surface area contributed by atoms with Crippen LogP contribution in [0.1, 0.15) is 39.9 Å². The van der Waals surface area contributed by atoms with Gasteiger partial charge in [-0.05, 0) is 56.7 Å². The van der Waals surface area contributed by atoms with E-state index < -0.39 is 18.0 Å². The number of rotatable bonds is 8. The van der Waals surface area contributed by atoms with Gasteiger partial charge in [-0.2, -0.15) is 0 Å². The highest BCUT2D eigenvalue weighted by atomic mass is 16.7. The Kier molecular flexibility index (Phi) is 6.48. The highest BCUT2D eigenvalue weighted by Gasteiger charge is 2.20. The van der Waals surface area contributed by atoms with Gasteiger partial charge in [0.25, 0.3) is 5.91 Å². The van der Waals surface area contributed by atoms with Gasteiger partial charge in [0.15, 0.2) is 17.6 Å². The fraction of sp³-hybridized carbons (Fsp3) is 0.292. The van der Waals surface area contributed by atoms with E-state index in [1.54, 1.807) is 36.4 Å². The lowest BCUT2D eigenvalue weighted by atomic mass is 10.2. The number of carbonyl (C=O) groups excluding carboxylic acids is 2. The van der Waals surface area contributed by atoms with E-state index in [9.17, 15) is 9.59 Å². The largest absolute Gasteiger partial charge is 0.489 e. The standard InChI is InChI=1S/C24H24N2O7/c1-14-20(15(2)33-26-14)12-29-19-6-4-5-18(10-19)24(28)32-16(3)23(27)25-11-17-7-8-21-22(9-17)31-13-30-21/h4-10,16H,11-13H2,1-3H3,(H,25,27). The molecular formula is C24H24N2O7. The number of amides is 1. The summed E-state index contributed by atoms with van der Waals surface area (Å²) in [5.41, 5.74) is 2.73. The minimum absolute atomic E-state index is 0.185. The van der Waals surface area contributed by atoms with E-state index in [4.69, 9.17) is 23.5 Å². The van der Waals surface area contributed by atoms with E-state index in [0.717, 1.165) is 16.8 Å². The van der Waals surface area contributed by atoms with Crippen molar-refractivity contribution < 1.29 is 33.1 Å². The number of benzene rings is 2. The Labute approximate surface area is 190 Å². The van der Waals surface area contributed by atoms with Crippen molar-refractivity contribution in [2.75, 3.05) is 6.79 Å². The number of esters is 1. The van der Waals surface area contributed by atoms with Gasteiger partial charge >= 0.3 is 5.97 Å². The van der Waals surface area contributed by atoms with E-state index in [1.165, 1.54) is 6.92 Å². The molecule has 0 saturated carbocycles. The highest BCUT2D eigenvalue weighted by molar-refractivity contribution is 5.92. The molecule has 1 N–H and O–H groups in total. The number of nitrogens with one attached hydrogen (secondary N) is 1. The number of aryl methyl sites for hydroxylation is 2. The fourth-order valence-electron chi connectivity index (χ4n) is 3.24. The Morgan fingerprint density at radius 2 is 1.94 bits per heavy atom. The predicted octanol–water partition coefficient (Wildman–Crippen LogP) is 3.46. The molecule has 1 aliphatic heterocycles. The second-order valence-corrected chi connectivity index (χ2v) is 7.57. The monoisotopic (exact) mass is 452 g/mol. The molecule has 2 aromatic carbocycles. The molecule has 33 heavy (non-hydrogen) atoms. The quantitative estimate of drug-likeness (QED) is 0.518. The normalized spacial score (nSPS) is 12.8. The third kappa shape index (κ3) is 5.25. The van der Waals surface area contributed by atoms with Crippen molar-refractivity contribution in [3.05, 3.63) is 70.6 Å². The first kappa shape index (κ1) is 22.2. The Balaban J connectivity index is 1.29. The Morgan fingerprint density at radius 3 is 2.73 bits per heavy atom. The minimum Gasteiger partial charge on any atom is -0.489 e. The van der Waals surface area contributed by atoms with Crippen molar-refractivity contribution in [1.82, 2.24) is 10.5 Å². The van der Waals surface area contributed by atoms with E-state index in [0.29, 0.717) is 23.0 Å². The molecule has 0 bridgehead atoms. The highest BCUT2D eigenvalue weighted by Crippen LogP contribution is 2.32. The maximum Gasteiger partial charge on any atom is 0.339 e. The maximum atomic E-state index is 12.5. The van der Waals surface area contributed by atoms with Crippen LogP contribution in [0.4, 0.5) is 0 Å². The summed E-state index contributed by atoms with van der Waals surface area (Å²) in [6.07, 6.45) is -0.974. The molecule has 0 fully saturated rings. The van der Waals surface area contributed by atoms with Crippen LogP contribution in [0.3, 0.4) is 0 Å². The second-order valence-electron chi connectivity index (χ2n) is 7.57. The number of fused-ring (bicyclic) bond motifs is 1. The summed E-state index contributed by atoms with van der Waals surface area (Å²) in [6.45, 7) is 5.88. The smallest absolute Gasteiger partial charge is 0.339 e. The molecule has 0 radical (unpaired) electrons. The molecule has 9 nitrogen and oxygen atoms in total. The van der Waals surface area contributed by atoms with Gasteiger partial charge in [0.1, 0.15) is 18.1 Å². The molecule has 2 heterocycles. The first-order valence-electron chi connectivity index (χ1n) is 10.4.